The fraction of sp³-hybridized carbons (Fsp3) is 0.450. The number of nitrogens with one attached hydrogen (secondary N) is 1. The third-order valence-corrected chi connectivity index (χ3v) is 4.65. The Labute approximate surface area is 153 Å². The van der Waals surface area contributed by atoms with Gasteiger partial charge in [-0.1, -0.05) is 18.2 Å². The predicted molar refractivity (Wildman–Crippen MR) is 99.7 cm³/mol. The zero-order valence-corrected chi connectivity index (χ0v) is 15.3. The molecule has 1 N–H and O–H groups in total. The van der Waals surface area contributed by atoms with Gasteiger partial charge in [0.25, 0.3) is 5.91 Å². The van der Waals surface area contributed by atoms with Crippen molar-refractivity contribution < 1.29 is 9.53 Å². The molecule has 3 rings (SSSR count). The highest BCUT2D eigenvalue weighted by Crippen LogP contribution is 2.17. The molecule has 138 valence electrons. The monoisotopic (exact) mass is 355 g/mol. The molecule has 0 saturated carbocycles. The van der Waals surface area contributed by atoms with Crippen molar-refractivity contribution in [3.63, 3.8) is 0 Å². The second kappa shape index (κ2) is 8.27. The van der Waals surface area contributed by atoms with Crippen LogP contribution in [-0.4, -0.2) is 34.4 Å². The standard InChI is InChI=1S/C20H25N3O3/c1-14(10-11-17-9-6-12-26-17)21-20(25)19-18(24)13-15(2)23(22-19)16-7-4-3-5-8-16/h3-5,7-8,13-14,17H,6,9-12H2,1-2H3,(H,21,25). The quantitative estimate of drug-likeness (QED) is 0.864. The average Bonchev–Trinajstić information content (AvgIpc) is 3.14. The van der Waals surface area contributed by atoms with Gasteiger partial charge in [-0.15, -0.1) is 0 Å². The molecule has 2 aromatic rings. The van der Waals surface area contributed by atoms with Crippen LogP contribution in [0.2, 0.25) is 0 Å². The number of amides is 1. The highest BCUT2D eigenvalue weighted by molar-refractivity contribution is 5.92. The first kappa shape index (κ1) is 18.3. The number of nitrogens with zero attached hydrogens (tertiary/aromatic N) is 2. The number of carbonyl (C=O) groups is 1. The van der Waals surface area contributed by atoms with Crippen LogP contribution in [0, 0.1) is 6.92 Å². The van der Waals surface area contributed by atoms with Crippen LogP contribution >= 0.6 is 0 Å². The van der Waals surface area contributed by atoms with Gasteiger partial charge in [-0.2, -0.15) is 5.10 Å². The van der Waals surface area contributed by atoms with Crippen LogP contribution in [0.3, 0.4) is 0 Å². The van der Waals surface area contributed by atoms with Crippen molar-refractivity contribution in [3.8, 4) is 5.69 Å². The number of benzene rings is 1. The van der Waals surface area contributed by atoms with E-state index >= 15 is 0 Å². The molecule has 1 aliphatic heterocycles. The largest absolute Gasteiger partial charge is 0.378 e. The minimum atomic E-state index is -0.431. The van der Waals surface area contributed by atoms with Gasteiger partial charge in [0.1, 0.15) is 0 Å². The van der Waals surface area contributed by atoms with E-state index in [9.17, 15) is 9.59 Å². The Kier molecular flexibility index (Phi) is 5.83. The number of carbonyl (C=O) groups excluding carboxylic acids is 1. The molecule has 1 amide bonds. The second-order valence-electron chi connectivity index (χ2n) is 6.83. The lowest BCUT2D eigenvalue weighted by Crippen LogP contribution is -2.37. The summed E-state index contributed by atoms with van der Waals surface area (Å²) >= 11 is 0. The van der Waals surface area contributed by atoms with Gasteiger partial charge in [0.2, 0.25) is 5.43 Å². The summed E-state index contributed by atoms with van der Waals surface area (Å²) in [5, 5.41) is 7.19. The molecule has 26 heavy (non-hydrogen) atoms. The van der Waals surface area contributed by atoms with Gasteiger partial charge in [-0.3, -0.25) is 9.59 Å². The summed E-state index contributed by atoms with van der Waals surface area (Å²) in [5.41, 5.74) is 1.05. The number of hydrogen-bond acceptors (Lipinski definition) is 4. The molecular weight excluding hydrogens is 330 g/mol. The van der Waals surface area contributed by atoms with Crippen molar-refractivity contribution in [2.45, 2.75) is 51.7 Å². The first-order chi connectivity index (χ1) is 12.5. The summed E-state index contributed by atoms with van der Waals surface area (Å²) in [7, 11) is 0. The minimum Gasteiger partial charge on any atom is -0.378 e. The number of aromatic nitrogens is 2. The maximum absolute atomic E-state index is 12.5. The highest BCUT2D eigenvalue weighted by Gasteiger charge is 2.20. The van der Waals surface area contributed by atoms with E-state index in [1.54, 1.807) is 11.6 Å². The molecule has 1 fully saturated rings. The van der Waals surface area contributed by atoms with Gasteiger partial charge in [0.05, 0.1) is 11.8 Å². The van der Waals surface area contributed by atoms with Crippen molar-refractivity contribution in [1.82, 2.24) is 15.1 Å². The summed E-state index contributed by atoms with van der Waals surface area (Å²) in [6, 6.07) is 10.9. The molecule has 6 heteroatoms. The normalized spacial score (nSPS) is 17.8. The molecule has 0 radical (unpaired) electrons. The van der Waals surface area contributed by atoms with Crippen LogP contribution in [0.15, 0.2) is 41.2 Å². The van der Waals surface area contributed by atoms with Crippen LogP contribution < -0.4 is 10.7 Å². The molecule has 2 atom stereocenters. The molecular formula is C20H25N3O3. The second-order valence-corrected chi connectivity index (χ2v) is 6.83. The van der Waals surface area contributed by atoms with E-state index in [1.807, 2.05) is 37.3 Å². The smallest absolute Gasteiger partial charge is 0.276 e. The van der Waals surface area contributed by atoms with Gasteiger partial charge in [-0.05, 0) is 51.7 Å². The van der Waals surface area contributed by atoms with Crippen molar-refractivity contribution in [2.75, 3.05) is 6.61 Å². The van der Waals surface area contributed by atoms with E-state index in [1.165, 1.54) is 6.07 Å². The van der Waals surface area contributed by atoms with E-state index in [4.69, 9.17) is 4.74 Å². The van der Waals surface area contributed by atoms with Crippen molar-refractivity contribution >= 4 is 5.91 Å². The molecule has 1 aromatic heterocycles. The maximum atomic E-state index is 12.5. The Balaban J connectivity index is 1.71. The Hall–Kier alpha value is -2.47. The van der Waals surface area contributed by atoms with Gasteiger partial charge in [0.15, 0.2) is 5.69 Å². The third-order valence-electron chi connectivity index (χ3n) is 4.65. The third kappa shape index (κ3) is 4.38. The predicted octanol–water partition coefficient (Wildman–Crippen LogP) is 2.62. The van der Waals surface area contributed by atoms with Gasteiger partial charge < -0.3 is 10.1 Å². The summed E-state index contributed by atoms with van der Waals surface area (Å²) in [6.07, 6.45) is 4.22. The van der Waals surface area contributed by atoms with Gasteiger partial charge in [-0.25, -0.2) is 4.68 Å². The molecule has 2 unspecified atom stereocenters. The summed E-state index contributed by atoms with van der Waals surface area (Å²) in [6.45, 7) is 4.57. The Bertz CT molecular complexity index is 811. The lowest BCUT2D eigenvalue weighted by Gasteiger charge is -2.16. The lowest BCUT2D eigenvalue weighted by atomic mass is 10.1. The van der Waals surface area contributed by atoms with Crippen molar-refractivity contribution in [2.24, 2.45) is 0 Å². The number of hydrogen-bond donors (Lipinski definition) is 1. The Morgan fingerprint density at radius 1 is 1.38 bits per heavy atom. The van der Waals surface area contributed by atoms with Crippen LogP contribution in [-0.2, 0) is 4.74 Å². The molecule has 6 nitrogen and oxygen atoms in total. The van der Waals surface area contributed by atoms with Crippen molar-refractivity contribution in [1.29, 1.82) is 0 Å². The van der Waals surface area contributed by atoms with Gasteiger partial charge >= 0.3 is 0 Å². The van der Waals surface area contributed by atoms with E-state index in [-0.39, 0.29) is 17.2 Å². The lowest BCUT2D eigenvalue weighted by molar-refractivity contribution is 0.0893. The molecule has 1 saturated heterocycles. The molecule has 0 aliphatic carbocycles. The molecule has 1 aliphatic rings. The van der Waals surface area contributed by atoms with Crippen LogP contribution in [0.1, 0.15) is 48.8 Å². The SMILES string of the molecule is Cc1cc(=O)c(C(=O)NC(C)CCC2CCCO2)nn1-c1ccccc1. The number of rotatable bonds is 6. The van der Waals surface area contributed by atoms with Crippen LogP contribution in [0.5, 0.6) is 0 Å². The zero-order chi connectivity index (χ0) is 18.5. The topological polar surface area (TPSA) is 73.2 Å². The minimum absolute atomic E-state index is 0.0422. The highest BCUT2D eigenvalue weighted by atomic mass is 16.5. The van der Waals surface area contributed by atoms with E-state index in [0.717, 1.165) is 38.0 Å². The summed E-state index contributed by atoms with van der Waals surface area (Å²) in [4.78, 5) is 24.8. The Morgan fingerprint density at radius 3 is 2.85 bits per heavy atom. The summed E-state index contributed by atoms with van der Waals surface area (Å²) in [5.74, 6) is -0.431. The molecule has 0 spiro atoms. The average molecular weight is 355 g/mol. The van der Waals surface area contributed by atoms with Crippen molar-refractivity contribution in [3.05, 3.63) is 58.0 Å². The molecule has 0 bridgehead atoms. The van der Waals surface area contributed by atoms with Crippen LogP contribution in [0.4, 0.5) is 0 Å². The number of aryl methyl sites for hydroxylation is 1. The number of para-hydroxylation sites is 1. The molecule has 1 aromatic carbocycles. The van der Waals surface area contributed by atoms with Gasteiger partial charge in [0, 0.05) is 24.4 Å². The maximum Gasteiger partial charge on any atom is 0.276 e. The van der Waals surface area contributed by atoms with Crippen LogP contribution in [0.25, 0.3) is 5.69 Å². The first-order valence-electron chi connectivity index (χ1n) is 9.13. The Morgan fingerprint density at radius 2 is 2.15 bits per heavy atom. The van der Waals surface area contributed by atoms with E-state index in [2.05, 4.69) is 10.4 Å². The van der Waals surface area contributed by atoms with E-state index < -0.39 is 5.91 Å². The fourth-order valence-corrected chi connectivity index (χ4v) is 3.21. The molecule has 2 heterocycles. The fourth-order valence-electron chi connectivity index (χ4n) is 3.21. The zero-order valence-electron chi connectivity index (χ0n) is 15.3. The first-order valence-corrected chi connectivity index (χ1v) is 9.13. The van der Waals surface area contributed by atoms with E-state index in [0.29, 0.717) is 11.8 Å². The summed E-state index contributed by atoms with van der Waals surface area (Å²) < 4.78 is 7.23. The number of ether oxygens (including phenoxy) is 1.